The lowest BCUT2D eigenvalue weighted by atomic mass is 10.4. The van der Waals surface area contributed by atoms with Crippen LogP contribution in [0.25, 0.3) is 0 Å². The largest absolute Gasteiger partial charge is 0.467 e. The third-order valence-electron chi connectivity index (χ3n) is 0.641. The summed E-state index contributed by atoms with van der Waals surface area (Å²) in [4.78, 5) is 30.0. The molecule has 50 valence electrons. The Hall–Kier alpha value is -1.26. The molecule has 0 aliphatic carbocycles. The Morgan fingerprint density at radius 3 is 2.67 bits per heavy atom. The number of esters is 1. The molecule has 1 atom stereocenters. The number of aldehydes is 1. The van der Waals surface area contributed by atoms with Crippen molar-refractivity contribution in [1.82, 2.24) is 0 Å². The molecular formula is C4H5NO4. The highest BCUT2D eigenvalue weighted by Crippen LogP contribution is 1.87. The monoisotopic (exact) mass is 132 g/mol. The molecule has 0 aliphatic heterocycles. The molecule has 0 bridgehead atoms. The Balaban J connectivity index is 4.20. The number of ether oxygens (including phenoxy) is 1. The van der Waals surface area contributed by atoms with Gasteiger partial charge in [-0.15, -0.1) is 4.91 Å². The van der Waals surface area contributed by atoms with Gasteiger partial charge < -0.3 is 9.53 Å². The van der Waals surface area contributed by atoms with Gasteiger partial charge in [-0.3, -0.25) is 0 Å². The molecule has 0 spiro atoms. The average Bonchev–Trinajstić information content (AvgIpc) is 1.88. The molecule has 5 nitrogen and oxygen atoms in total. The van der Waals surface area contributed by atoms with E-state index in [1.807, 2.05) is 0 Å². The van der Waals surface area contributed by atoms with Crippen LogP contribution in [-0.4, -0.2) is 25.4 Å². The first-order chi connectivity index (χ1) is 4.63. The van der Waals surface area contributed by atoms with Crippen molar-refractivity contribution in [2.75, 3.05) is 7.11 Å². The molecule has 0 radical (unpaired) electrons. The Labute approximate surface area is 52.4 Å². The van der Waals surface area contributed by atoms with E-state index in [2.05, 4.69) is 9.91 Å². The standard InChI is InChI=1S/C4H5NO4/c1-9-4(7)3(2-6)5-8/h2-3H,1H3/i2D. The molecule has 0 aliphatic rings. The van der Waals surface area contributed by atoms with E-state index in [0.717, 1.165) is 7.11 Å². The van der Waals surface area contributed by atoms with Crippen LogP contribution < -0.4 is 0 Å². The van der Waals surface area contributed by atoms with Gasteiger partial charge in [0.05, 0.1) is 7.11 Å². The smallest absolute Gasteiger partial charge is 0.341 e. The zero-order chi connectivity index (χ0) is 8.15. The number of nitroso groups, excluding NO2 is 1. The van der Waals surface area contributed by atoms with Crippen LogP contribution in [0.1, 0.15) is 1.37 Å². The number of nitrogens with zero attached hydrogens (tertiary/aromatic N) is 1. The predicted molar refractivity (Wildman–Crippen MR) is 27.7 cm³/mol. The number of carbonyl (C=O) groups excluding carboxylic acids is 2. The molecule has 0 saturated heterocycles. The van der Waals surface area contributed by atoms with E-state index in [1.165, 1.54) is 0 Å². The van der Waals surface area contributed by atoms with Crippen molar-refractivity contribution in [2.24, 2.45) is 5.18 Å². The predicted octanol–water partition coefficient (Wildman–Crippen LogP) is -0.507. The Kier molecular flexibility index (Phi) is 2.42. The second-order valence-electron chi connectivity index (χ2n) is 1.15. The average molecular weight is 132 g/mol. The highest BCUT2D eigenvalue weighted by molar-refractivity contribution is 5.92. The molecule has 0 aromatic carbocycles. The second-order valence-corrected chi connectivity index (χ2v) is 1.15. The maximum atomic E-state index is 10.3. The molecule has 5 heteroatoms. The molecule has 0 heterocycles. The minimum atomic E-state index is -1.83. The summed E-state index contributed by atoms with van der Waals surface area (Å²) < 4.78 is 10.3. The summed E-state index contributed by atoms with van der Waals surface area (Å²) in [6.45, 7) is 0. The van der Waals surface area contributed by atoms with E-state index < -0.39 is 18.3 Å². The number of carbonyl (C=O) groups is 2. The van der Waals surface area contributed by atoms with Gasteiger partial charge in [-0.05, 0) is 5.18 Å². The van der Waals surface area contributed by atoms with Crippen molar-refractivity contribution in [3.05, 3.63) is 4.91 Å². The summed E-state index contributed by atoms with van der Waals surface area (Å²) in [5.74, 6) is -1.10. The van der Waals surface area contributed by atoms with Gasteiger partial charge in [0, 0.05) is 0 Å². The van der Waals surface area contributed by atoms with Crippen LogP contribution in [0.5, 0.6) is 0 Å². The normalized spacial score (nSPS) is 13.2. The lowest BCUT2D eigenvalue weighted by molar-refractivity contribution is -0.143. The fourth-order valence-corrected chi connectivity index (χ4v) is 0.224. The van der Waals surface area contributed by atoms with E-state index in [4.69, 9.17) is 1.37 Å². The summed E-state index contributed by atoms with van der Waals surface area (Å²) in [7, 11) is 1.00. The van der Waals surface area contributed by atoms with Crippen molar-refractivity contribution in [3.8, 4) is 0 Å². The first kappa shape index (κ1) is 5.87. The topological polar surface area (TPSA) is 72.8 Å². The lowest BCUT2D eigenvalue weighted by Crippen LogP contribution is -2.20. The minimum Gasteiger partial charge on any atom is -0.467 e. The maximum Gasteiger partial charge on any atom is 0.341 e. The minimum absolute atomic E-state index is 1.00. The first-order valence-electron chi connectivity index (χ1n) is 2.54. The van der Waals surface area contributed by atoms with Gasteiger partial charge in [-0.2, -0.15) is 0 Å². The Bertz CT molecular complexity index is 169. The summed E-state index contributed by atoms with van der Waals surface area (Å²) in [6.07, 6.45) is -1.36. The molecular weight excluding hydrogens is 126 g/mol. The molecule has 0 aromatic rings. The lowest BCUT2D eigenvalue weighted by Gasteiger charge is -1.95. The number of hydrogen-bond acceptors (Lipinski definition) is 5. The third kappa shape index (κ3) is 1.98. The number of rotatable bonds is 3. The van der Waals surface area contributed by atoms with E-state index in [9.17, 15) is 14.5 Å². The summed E-state index contributed by atoms with van der Waals surface area (Å²) in [6, 6.07) is -1.83. The van der Waals surface area contributed by atoms with Crippen molar-refractivity contribution < 1.29 is 15.7 Å². The summed E-state index contributed by atoms with van der Waals surface area (Å²) in [5.41, 5.74) is 0. The van der Waals surface area contributed by atoms with Crippen LogP contribution >= 0.6 is 0 Å². The molecule has 1 unspecified atom stereocenters. The van der Waals surface area contributed by atoms with Crippen LogP contribution in [-0.2, 0) is 14.3 Å². The number of methoxy groups -OCH3 is 1. The Morgan fingerprint density at radius 1 is 2.00 bits per heavy atom. The zero-order valence-electron chi connectivity index (χ0n) is 5.66. The van der Waals surface area contributed by atoms with Gasteiger partial charge in [0.25, 0.3) is 0 Å². The molecule has 0 amide bonds. The zero-order valence-corrected chi connectivity index (χ0v) is 4.66. The highest BCUT2D eigenvalue weighted by atomic mass is 16.5. The van der Waals surface area contributed by atoms with Gasteiger partial charge in [-0.1, -0.05) is 0 Å². The quantitative estimate of drug-likeness (QED) is 0.224. The van der Waals surface area contributed by atoms with Crippen molar-refractivity contribution in [1.29, 1.82) is 0 Å². The van der Waals surface area contributed by atoms with E-state index in [0.29, 0.717) is 0 Å². The molecule has 0 aromatic heterocycles. The molecule has 9 heavy (non-hydrogen) atoms. The summed E-state index contributed by atoms with van der Waals surface area (Å²) >= 11 is 0. The number of hydrogen-bond donors (Lipinski definition) is 0. The van der Waals surface area contributed by atoms with E-state index >= 15 is 0 Å². The highest BCUT2D eigenvalue weighted by Gasteiger charge is 2.17. The Morgan fingerprint density at radius 2 is 2.56 bits per heavy atom. The molecule has 0 fully saturated rings. The van der Waals surface area contributed by atoms with Gasteiger partial charge >= 0.3 is 5.97 Å². The van der Waals surface area contributed by atoms with Crippen molar-refractivity contribution >= 4 is 12.2 Å². The second kappa shape index (κ2) is 3.71. The molecule has 0 rings (SSSR count). The van der Waals surface area contributed by atoms with Crippen LogP contribution in [0.15, 0.2) is 5.18 Å². The van der Waals surface area contributed by atoms with Gasteiger partial charge in [-0.25, -0.2) is 4.79 Å². The van der Waals surface area contributed by atoms with Gasteiger partial charge in [0.15, 0.2) is 6.26 Å². The SMILES string of the molecule is [2H]C(=O)C(N=O)C(=O)OC. The maximum absolute atomic E-state index is 10.3. The fourth-order valence-electron chi connectivity index (χ4n) is 0.224. The van der Waals surface area contributed by atoms with E-state index in [1.54, 1.807) is 0 Å². The van der Waals surface area contributed by atoms with Crippen LogP contribution in [0.4, 0.5) is 0 Å². The van der Waals surface area contributed by atoms with Crippen molar-refractivity contribution in [3.63, 3.8) is 0 Å². The van der Waals surface area contributed by atoms with Crippen LogP contribution in [0.3, 0.4) is 0 Å². The summed E-state index contributed by atoms with van der Waals surface area (Å²) in [5, 5.41) is 2.10. The van der Waals surface area contributed by atoms with Crippen LogP contribution in [0, 0.1) is 4.91 Å². The van der Waals surface area contributed by atoms with E-state index in [-0.39, 0.29) is 0 Å². The molecule has 0 N–H and O–H groups in total. The third-order valence-corrected chi connectivity index (χ3v) is 0.641. The first-order valence-corrected chi connectivity index (χ1v) is 2.04. The van der Waals surface area contributed by atoms with Gasteiger partial charge in [0.1, 0.15) is 1.37 Å². The fraction of sp³-hybridized carbons (Fsp3) is 0.500. The molecule has 0 saturated carbocycles. The van der Waals surface area contributed by atoms with Crippen molar-refractivity contribution in [2.45, 2.75) is 6.04 Å². The van der Waals surface area contributed by atoms with Gasteiger partial charge in [0.2, 0.25) is 6.04 Å². The van der Waals surface area contributed by atoms with Crippen LogP contribution in [0.2, 0.25) is 0 Å².